The second-order valence-corrected chi connectivity index (χ2v) is 8.18. The molecular weight excluding hydrogens is 396 g/mol. The highest BCUT2D eigenvalue weighted by Crippen LogP contribution is 2.40. The summed E-state index contributed by atoms with van der Waals surface area (Å²) in [4.78, 5) is 16.0. The van der Waals surface area contributed by atoms with Crippen molar-refractivity contribution in [3.05, 3.63) is 88.3 Å². The summed E-state index contributed by atoms with van der Waals surface area (Å²) in [6, 6.07) is 21.8. The molecule has 0 spiro atoms. The minimum absolute atomic E-state index is 0.110. The van der Waals surface area contributed by atoms with Gasteiger partial charge in [-0.3, -0.25) is 9.69 Å². The molecule has 30 heavy (non-hydrogen) atoms. The quantitative estimate of drug-likeness (QED) is 0.486. The number of morpholine rings is 1. The molecule has 5 nitrogen and oxygen atoms in total. The third kappa shape index (κ3) is 3.65. The van der Waals surface area contributed by atoms with Crippen LogP contribution in [0.1, 0.15) is 27.0 Å². The second-order valence-electron chi connectivity index (χ2n) is 7.23. The molecule has 4 aromatic rings. The molecule has 1 aliphatic rings. The number of hydrogen-bond acceptors (Lipinski definition) is 5. The van der Waals surface area contributed by atoms with E-state index in [0.717, 1.165) is 41.1 Å². The molecule has 5 rings (SSSR count). The number of carbonyl (C=O) groups is 1. The number of nitrogens with zero attached hydrogens (tertiary/aromatic N) is 1. The van der Waals surface area contributed by atoms with Crippen LogP contribution in [0, 0.1) is 0 Å². The Labute approximate surface area is 178 Å². The molecule has 152 valence electrons. The highest BCUT2D eigenvalue weighted by atomic mass is 32.1. The van der Waals surface area contributed by atoms with E-state index in [0.29, 0.717) is 18.1 Å². The first-order chi connectivity index (χ1) is 14.8. The van der Waals surface area contributed by atoms with Gasteiger partial charge >= 0.3 is 0 Å². The number of thiophene rings is 1. The molecule has 0 bridgehead atoms. The van der Waals surface area contributed by atoms with Crippen molar-refractivity contribution in [1.82, 2.24) is 4.90 Å². The average Bonchev–Trinajstić information content (AvgIpc) is 3.45. The number of amides is 1. The molecule has 2 aromatic carbocycles. The molecule has 1 amide bonds. The minimum atomic E-state index is -0.119. The zero-order valence-corrected chi connectivity index (χ0v) is 17.2. The Kier molecular flexibility index (Phi) is 5.36. The molecule has 1 unspecified atom stereocenters. The topological polar surface area (TPSA) is 54.7 Å². The van der Waals surface area contributed by atoms with Gasteiger partial charge in [-0.1, -0.05) is 48.5 Å². The number of anilines is 1. The first kappa shape index (κ1) is 19.1. The minimum Gasteiger partial charge on any atom is -0.457 e. The Morgan fingerprint density at radius 1 is 0.967 bits per heavy atom. The van der Waals surface area contributed by atoms with Crippen molar-refractivity contribution in [2.75, 3.05) is 31.6 Å². The smallest absolute Gasteiger partial charge is 0.265 e. The highest BCUT2D eigenvalue weighted by molar-refractivity contribution is 7.12. The Morgan fingerprint density at radius 2 is 1.73 bits per heavy atom. The van der Waals surface area contributed by atoms with Gasteiger partial charge in [0.15, 0.2) is 0 Å². The van der Waals surface area contributed by atoms with E-state index in [4.69, 9.17) is 9.15 Å². The fraction of sp³-hybridized carbons (Fsp3) is 0.208. The normalized spacial score (nSPS) is 15.9. The molecular formula is C24H22N2O3S. The van der Waals surface area contributed by atoms with Gasteiger partial charge in [0.05, 0.1) is 29.8 Å². The lowest BCUT2D eigenvalue weighted by molar-refractivity contribution is 0.0206. The standard InChI is InChI=1S/C24H22N2O3S/c27-24(20-11-6-16-30-20)25-21-18-9-4-5-10-19(18)29-23(21)22(17-7-2-1-3-8-17)26-12-14-28-15-13-26/h1-11,16,22H,12-15H2,(H,25,27). The summed E-state index contributed by atoms with van der Waals surface area (Å²) in [5.41, 5.74) is 2.64. The number of benzene rings is 2. The van der Waals surface area contributed by atoms with Crippen molar-refractivity contribution in [2.24, 2.45) is 0 Å². The van der Waals surface area contributed by atoms with Crippen LogP contribution in [-0.2, 0) is 4.74 Å². The van der Waals surface area contributed by atoms with E-state index in [1.54, 1.807) is 0 Å². The molecule has 0 aliphatic carbocycles. The number of furan rings is 1. The van der Waals surface area contributed by atoms with E-state index >= 15 is 0 Å². The van der Waals surface area contributed by atoms with Crippen LogP contribution in [-0.4, -0.2) is 37.1 Å². The van der Waals surface area contributed by atoms with Crippen molar-refractivity contribution in [2.45, 2.75) is 6.04 Å². The molecule has 0 radical (unpaired) electrons. The lowest BCUT2D eigenvalue weighted by atomic mass is 10.0. The number of rotatable bonds is 5. The van der Waals surface area contributed by atoms with Gasteiger partial charge in [0.25, 0.3) is 5.91 Å². The maximum Gasteiger partial charge on any atom is 0.265 e. The summed E-state index contributed by atoms with van der Waals surface area (Å²) in [5, 5.41) is 5.96. The largest absolute Gasteiger partial charge is 0.457 e. The second kappa shape index (κ2) is 8.44. The summed E-state index contributed by atoms with van der Waals surface area (Å²) in [6.07, 6.45) is 0. The molecule has 6 heteroatoms. The maximum atomic E-state index is 12.9. The predicted molar refractivity (Wildman–Crippen MR) is 119 cm³/mol. The van der Waals surface area contributed by atoms with E-state index in [-0.39, 0.29) is 11.9 Å². The lowest BCUT2D eigenvalue weighted by Crippen LogP contribution is -2.39. The zero-order chi connectivity index (χ0) is 20.3. The molecule has 2 aromatic heterocycles. The van der Waals surface area contributed by atoms with Gasteiger partial charge in [0, 0.05) is 18.5 Å². The predicted octanol–water partition coefficient (Wildman–Crippen LogP) is 5.17. The monoisotopic (exact) mass is 418 g/mol. The molecule has 1 aliphatic heterocycles. The Morgan fingerprint density at radius 3 is 2.50 bits per heavy atom. The number of para-hydroxylation sites is 1. The van der Waals surface area contributed by atoms with Crippen LogP contribution < -0.4 is 5.32 Å². The summed E-state index contributed by atoms with van der Waals surface area (Å²) >= 11 is 1.43. The van der Waals surface area contributed by atoms with Crippen LogP contribution in [0.3, 0.4) is 0 Å². The van der Waals surface area contributed by atoms with Gasteiger partial charge < -0.3 is 14.5 Å². The fourth-order valence-electron chi connectivity index (χ4n) is 3.97. The first-order valence-corrected chi connectivity index (χ1v) is 10.9. The van der Waals surface area contributed by atoms with Crippen molar-refractivity contribution in [3.8, 4) is 0 Å². The van der Waals surface area contributed by atoms with Crippen molar-refractivity contribution >= 4 is 33.9 Å². The number of fused-ring (bicyclic) bond motifs is 1. The van der Waals surface area contributed by atoms with Crippen LogP contribution in [0.25, 0.3) is 11.0 Å². The van der Waals surface area contributed by atoms with E-state index in [1.165, 1.54) is 11.3 Å². The summed E-state index contributed by atoms with van der Waals surface area (Å²) < 4.78 is 12.0. The lowest BCUT2D eigenvalue weighted by Gasteiger charge is -2.34. The van der Waals surface area contributed by atoms with Gasteiger partial charge in [-0.2, -0.15) is 0 Å². The van der Waals surface area contributed by atoms with Crippen LogP contribution in [0.2, 0.25) is 0 Å². The number of nitrogens with one attached hydrogen (secondary N) is 1. The van der Waals surface area contributed by atoms with Crippen LogP contribution >= 0.6 is 11.3 Å². The van der Waals surface area contributed by atoms with Gasteiger partial charge in [0.1, 0.15) is 11.3 Å². The van der Waals surface area contributed by atoms with Crippen molar-refractivity contribution in [1.29, 1.82) is 0 Å². The molecule has 0 saturated carbocycles. The number of carbonyl (C=O) groups excluding carboxylic acids is 1. The van der Waals surface area contributed by atoms with Crippen LogP contribution in [0.4, 0.5) is 5.69 Å². The van der Waals surface area contributed by atoms with E-state index in [1.807, 2.05) is 60.0 Å². The summed E-state index contributed by atoms with van der Waals surface area (Å²) in [6.45, 7) is 2.96. The van der Waals surface area contributed by atoms with Crippen LogP contribution in [0.15, 0.2) is 76.5 Å². The SMILES string of the molecule is O=C(Nc1c(C(c2ccccc2)N2CCOCC2)oc2ccccc12)c1cccs1. The van der Waals surface area contributed by atoms with Gasteiger partial charge in [-0.15, -0.1) is 11.3 Å². The Bertz CT molecular complexity index is 1130. The van der Waals surface area contributed by atoms with E-state index in [9.17, 15) is 4.79 Å². The van der Waals surface area contributed by atoms with Crippen LogP contribution in [0.5, 0.6) is 0 Å². The maximum absolute atomic E-state index is 12.9. The Balaban J connectivity index is 1.64. The number of hydrogen-bond donors (Lipinski definition) is 1. The number of ether oxygens (including phenoxy) is 1. The molecule has 1 N–H and O–H groups in total. The summed E-state index contributed by atoms with van der Waals surface area (Å²) in [7, 11) is 0. The Hall–Kier alpha value is -2.93. The molecule has 1 atom stereocenters. The van der Waals surface area contributed by atoms with Crippen molar-refractivity contribution in [3.63, 3.8) is 0 Å². The highest BCUT2D eigenvalue weighted by Gasteiger charge is 2.31. The van der Waals surface area contributed by atoms with E-state index in [2.05, 4.69) is 22.3 Å². The molecule has 1 saturated heterocycles. The third-order valence-electron chi connectivity index (χ3n) is 5.38. The molecule has 1 fully saturated rings. The van der Waals surface area contributed by atoms with Crippen molar-refractivity contribution < 1.29 is 13.9 Å². The first-order valence-electron chi connectivity index (χ1n) is 10.0. The molecule has 3 heterocycles. The fourth-order valence-corrected chi connectivity index (χ4v) is 4.59. The van der Waals surface area contributed by atoms with Gasteiger partial charge in [-0.25, -0.2) is 0 Å². The average molecular weight is 419 g/mol. The zero-order valence-electron chi connectivity index (χ0n) is 16.4. The third-order valence-corrected chi connectivity index (χ3v) is 6.25. The van der Waals surface area contributed by atoms with E-state index < -0.39 is 0 Å². The van der Waals surface area contributed by atoms with Gasteiger partial charge in [-0.05, 0) is 29.1 Å². The summed E-state index contributed by atoms with van der Waals surface area (Å²) in [5.74, 6) is 0.640. The van der Waals surface area contributed by atoms with Gasteiger partial charge in [0.2, 0.25) is 0 Å².